The molecule has 61 heavy (non-hydrogen) atoms. The zero-order valence-electron chi connectivity index (χ0n) is 35.2. The monoisotopic (exact) mass is 876 g/mol. The fourth-order valence-electron chi connectivity index (χ4n) is 7.70. The molecule has 1 N–H and O–H groups in total. The summed E-state index contributed by atoms with van der Waals surface area (Å²) >= 11 is 0. The molecule has 326 valence electrons. The van der Waals surface area contributed by atoms with E-state index in [1.54, 1.807) is 18.2 Å². The first-order chi connectivity index (χ1) is 28.8. The van der Waals surface area contributed by atoms with E-state index in [0.29, 0.717) is 33.2 Å². The second-order valence-electron chi connectivity index (χ2n) is 17.7. The average molecular weight is 877 g/mol. The molecule has 6 heterocycles. The predicted octanol–water partition coefficient (Wildman–Crippen LogP) is 5.90. The average Bonchev–Trinajstić information content (AvgIpc) is 4.04. The van der Waals surface area contributed by atoms with Crippen molar-refractivity contribution in [3.05, 3.63) is 84.0 Å². The predicted molar refractivity (Wildman–Crippen MR) is 226 cm³/mol. The van der Waals surface area contributed by atoms with E-state index in [2.05, 4.69) is 60.9 Å². The van der Waals surface area contributed by atoms with Crippen molar-refractivity contribution in [2.45, 2.75) is 101 Å². The van der Waals surface area contributed by atoms with Gasteiger partial charge < -0.3 is 23.7 Å². The first-order valence-electron chi connectivity index (χ1n) is 20.2. The Morgan fingerprint density at radius 1 is 0.705 bits per heavy atom. The number of fused-ring (bicyclic) bond motifs is 2. The second-order valence-corrected chi connectivity index (χ2v) is 21.3. The molecule has 0 spiro atoms. The molecular formula is C42H52N8O9S2. The largest absolute Gasteiger partial charge is 0.478 e. The lowest BCUT2D eigenvalue weighted by Gasteiger charge is -2.26. The third-order valence-electron chi connectivity index (χ3n) is 11.0. The molecule has 2 aromatic carbocycles. The van der Waals surface area contributed by atoms with Gasteiger partial charge in [0.25, 0.3) is 20.0 Å². The molecule has 0 radical (unpaired) electrons. The number of aromatic nitrogens is 8. The summed E-state index contributed by atoms with van der Waals surface area (Å²) in [5.74, 6) is 1.58. The van der Waals surface area contributed by atoms with E-state index >= 15 is 0 Å². The highest BCUT2D eigenvalue weighted by atomic mass is 32.2. The molecule has 4 aromatic heterocycles. The van der Waals surface area contributed by atoms with Crippen LogP contribution in [0.1, 0.15) is 99.6 Å². The third kappa shape index (κ3) is 9.19. The SMILES string of the molecule is CC(C)(C)c1nc2cc(S(=O)(=O)n3cc(C(=O)O)cn3)ccc2n1CC1CCOCC1.CC(C)(C)c1nc2cc(S(=O)(=O)n3cc(C=O)cn3)ccc2n1CC1CCOCC1. The van der Waals surface area contributed by atoms with Crippen LogP contribution in [0.2, 0.25) is 0 Å². The Morgan fingerprint density at radius 3 is 1.51 bits per heavy atom. The van der Waals surface area contributed by atoms with Crippen LogP contribution in [-0.4, -0.2) is 98.1 Å². The quantitative estimate of drug-likeness (QED) is 0.159. The Morgan fingerprint density at radius 2 is 1.13 bits per heavy atom. The molecule has 2 aliphatic rings. The van der Waals surface area contributed by atoms with Crippen LogP contribution in [0.4, 0.5) is 0 Å². The number of ether oxygens (including phenoxy) is 2. The molecule has 0 saturated carbocycles. The molecule has 2 saturated heterocycles. The first-order valence-corrected chi connectivity index (χ1v) is 23.1. The molecule has 0 amide bonds. The van der Waals surface area contributed by atoms with Crippen LogP contribution >= 0.6 is 0 Å². The molecule has 0 bridgehead atoms. The van der Waals surface area contributed by atoms with Gasteiger partial charge in [-0.1, -0.05) is 41.5 Å². The minimum Gasteiger partial charge on any atom is -0.478 e. The normalized spacial score (nSPS) is 16.2. The van der Waals surface area contributed by atoms with Crippen LogP contribution in [0.25, 0.3) is 22.1 Å². The number of imidazole rings is 2. The van der Waals surface area contributed by atoms with Gasteiger partial charge >= 0.3 is 5.97 Å². The molecule has 0 unspecified atom stereocenters. The number of hydrogen-bond donors (Lipinski definition) is 1. The number of carbonyl (C=O) groups excluding carboxylic acids is 1. The standard InChI is InChI=1S/C21H26N4O5S.C21H26N4O4S/c1-21(2,3)20-23-17-10-16(31(28,29)25-13-15(11-22-25)19(26)27)4-5-18(17)24(20)12-14-6-8-30-9-7-14;1-21(2,3)20-23-18-10-17(30(27,28)25-13-16(14-26)11-22-25)4-5-19(18)24(20)12-15-6-8-29-9-7-15/h4-5,10-11,13-14H,6-9,12H2,1-3H3,(H,26,27);4-5,10-11,13-15H,6-9,12H2,1-3H3. The van der Waals surface area contributed by atoms with Crippen LogP contribution in [0.5, 0.6) is 0 Å². The molecular weight excluding hydrogens is 825 g/mol. The van der Waals surface area contributed by atoms with Gasteiger partial charge in [0.2, 0.25) is 0 Å². The summed E-state index contributed by atoms with van der Waals surface area (Å²) in [6.45, 7) is 17.3. The van der Waals surface area contributed by atoms with Gasteiger partial charge in [0, 0.05) is 50.3 Å². The van der Waals surface area contributed by atoms with Crippen molar-refractivity contribution in [1.82, 2.24) is 37.5 Å². The van der Waals surface area contributed by atoms with Crippen molar-refractivity contribution in [3.63, 3.8) is 0 Å². The molecule has 2 aliphatic heterocycles. The number of aromatic carboxylic acids is 1. The van der Waals surface area contributed by atoms with Crippen molar-refractivity contribution in [2.75, 3.05) is 26.4 Å². The van der Waals surface area contributed by atoms with Crippen LogP contribution in [0.15, 0.2) is 71.0 Å². The highest BCUT2D eigenvalue weighted by molar-refractivity contribution is 7.90. The van der Waals surface area contributed by atoms with E-state index in [0.717, 1.165) is 104 Å². The Hall–Kier alpha value is -5.24. The van der Waals surface area contributed by atoms with Gasteiger partial charge in [0.1, 0.15) is 11.6 Å². The number of hydrogen-bond acceptors (Lipinski definition) is 12. The lowest BCUT2D eigenvalue weighted by Crippen LogP contribution is -2.25. The molecule has 0 aliphatic carbocycles. The summed E-state index contributed by atoms with van der Waals surface area (Å²) in [6.07, 6.45) is 8.99. The number of benzene rings is 2. The number of carboxylic acid groups (broad SMARTS) is 1. The number of rotatable bonds is 10. The smallest absolute Gasteiger partial charge is 0.338 e. The Labute approximate surface area is 354 Å². The maximum atomic E-state index is 13.0. The maximum absolute atomic E-state index is 13.0. The lowest BCUT2D eigenvalue weighted by molar-refractivity contribution is 0.0610. The molecule has 0 atom stereocenters. The summed E-state index contributed by atoms with van der Waals surface area (Å²) in [5, 5.41) is 16.6. The van der Waals surface area contributed by atoms with Gasteiger partial charge in [0.15, 0.2) is 6.29 Å². The van der Waals surface area contributed by atoms with Gasteiger partial charge in [-0.3, -0.25) is 4.79 Å². The summed E-state index contributed by atoms with van der Waals surface area (Å²) in [4.78, 5) is 31.7. The van der Waals surface area contributed by atoms with Crippen molar-refractivity contribution >= 4 is 54.4 Å². The van der Waals surface area contributed by atoms with Crippen LogP contribution in [-0.2, 0) is 53.4 Å². The van der Waals surface area contributed by atoms with Gasteiger partial charge in [0.05, 0.1) is 67.8 Å². The summed E-state index contributed by atoms with van der Waals surface area (Å²) in [7, 11) is -7.94. The summed E-state index contributed by atoms with van der Waals surface area (Å²) in [6, 6.07) is 9.80. The zero-order chi connectivity index (χ0) is 43.9. The minimum absolute atomic E-state index is 0.0104. The van der Waals surface area contributed by atoms with Crippen LogP contribution in [0, 0.1) is 11.8 Å². The van der Waals surface area contributed by atoms with Crippen molar-refractivity contribution < 1.29 is 41.0 Å². The minimum atomic E-state index is -4.03. The highest BCUT2D eigenvalue weighted by Crippen LogP contribution is 2.32. The maximum Gasteiger partial charge on any atom is 0.338 e. The van der Waals surface area contributed by atoms with Crippen molar-refractivity contribution in [2.24, 2.45) is 11.8 Å². The number of carboxylic acids is 1. The molecule has 8 rings (SSSR count). The van der Waals surface area contributed by atoms with E-state index in [-0.39, 0.29) is 31.7 Å². The van der Waals surface area contributed by atoms with Crippen LogP contribution in [0.3, 0.4) is 0 Å². The highest BCUT2D eigenvalue weighted by Gasteiger charge is 2.29. The van der Waals surface area contributed by atoms with E-state index in [4.69, 9.17) is 24.5 Å². The topological polar surface area (TPSA) is 212 Å². The second kappa shape index (κ2) is 16.9. The Balaban J connectivity index is 0.000000184. The van der Waals surface area contributed by atoms with E-state index in [1.165, 1.54) is 24.5 Å². The van der Waals surface area contributed by atoms with Crippen molar-refractivity contribution in [3.8, 4) is 0 Å². The number of aldehydes is 1. The molecule has 6 aromatic rings. The number of nitrogens with zero attached hydrogens (tertiary/aromatic N) is 8. The first kappa shape index (κ1) is 43.8. The van der Waals surface area contributed by atoms with Crippen LogP contribution < -0.4 is 0 Å². The molecule has 19 heteroatoms. The third-order valence-corrected chi connectivity index (χ3v) is 14.0. The zero-order valence-corrected chi connectivity index (χ0v) is 36.8. The van der Waals surface area contributed by atoms with Gasteiger partial charge in [-0.15, -0.1) is 0 Å². The number of carbonyl (C=O) groups is 2. The lowest BCUT2D eigenvalue weighted by atomic mass is 9.94. The van der Waals surface area contributed by atoms with Crippen molar-refractivity contribution in [1.29, 1.82) is 0 Å². The van der Waals surface area contributed by atoms with E-state index in [9.17, 15) is 26.4 Å². The fourth-order valence-corrected chi connectivity index (χ4v) is 9.99. The summed E-state index contributed by atoms with van der Waals surface area (Å²) < 4.78 is 68.7. The van der Waals surface area contributed by atoms with Gasteiger partial charge in [-0.05, 0) is 73.9 Å². The fraction of sp³-hybridized carbons (Fsp3) is 0.476. The Kier molecular flexibility index (Phi) is 12.1. The van der Waals surface area contributed by atoms with E-state index in [1.807, 2.05) is 6.07 Å². The molecule has 2 fully saturated rings. The van der Waals surface area contributed by atoms with Gasteiger partial charge in [-0.2, -0.15) is 35.2 Å². The molecule has 17 nitrogen and oxygen atoms in total. The Bertz CT molecular complexity index is 2790. The summed E-state index contributed by atoms with van der Waals surface area (Å²) in [5.41, 5.74) is 2.61. The van der Waals surface area contributed by atoms with E-state index < -0.39 is 26.0 Å². The van der Waals surface area contributed by atoms with Gasteiger partial charge in [-0.25, -0.2) is 14.8 Å².